The lowest BCUT2D eigenvalue weighted by molar-refractivity contribution is 0.0763. The molecule has 0 spiro atoms. The van der Waals surface area contributed by atoms with E-state index in [2.05, 4.69) is 11.9 Å². The van der Waals surface area contributed by atoms with Gasteiger partial charge in [-0.1, -0.05) is 0 Å². The van der Waals surface area contributed by atoms with Crippen LogP contribution in [0.3, 0.4) is 0 Å². The first-order valence-electron chi connectivity index (χ1n) is 7.65. The van der Waals surface area contributed by atoms with E-state index >= 15 is 0 Å². The van der Waals surface area contributed by atoms with E-state index in [-0.39, 0.29) is 5.91 Å². The summed E-state index contributed by atoms with van der Waals surface area (Å²) in [4.78, 5) is 17.2. The normalized spacial score (nSPS) is 16.8. The van der Waals surface area contributed by atoms with E-state index in [4.69, 9.17) is 9.15 Å². The Morgan fingerprint density at radius 2 is 2.05 bits per heavy atom. The van der Waals surface area contributed by atoms with E-state index in [1.807, 2.05) is 30.0 Å². The van der Waals surface area contributed by atoms with Crippen LogP contribution in [0, 0.1) is 6.92 Å². The SMILES string of the molecule is COc1ccc2oc(C)c(C(=O)N3CCCN(C)CC3)c2c1. The van der Waals surface area contributed by atoms with Gasteiger partial charge in [-0.05, 0) is 45.1 Å². The molecule has 0 atom stereocenters. The number of nitrogens with zero attached hydrogens (tertiary/aromatic N) is 2. The smallest absolute Gasteiger partial charge is 0.258 e. The summed E-state index contributed by atoms with van der Waals surface area (Å²) < 4.78 is 11.0. The lowest BCUT2D eigenvalue weighted by atomic mass is 10.1. The van der Waals surface area contributed by atoms with Gasteiger partial charge in [-0.3, -0.25) is 4.79 Å². The number of hydrogen-bond acceptors (Lipinski definition) is 4. The van der Waals surface area contributed by atoms with Gasteiger partial charge in [0.1, 0.15) is 17.1 Å². The molecule has 0 aliphatic carbocycles. The largest absolute Gasteiger partial charge is 0.497 e. The number of rotatable bonds is 2. The van der Waals surface area contributed by atoms with Crippen LogP contribution in [0.4, 0.5) is 0 Å². The van der Waals surface area contributed by atoms with Crippen LogP contribution >= 0.6 is 0 Å². The summed E-state index contributed by atoms with van der Waals surface area (Å²) in [5.74, 6) is 1.46. The molecule has 22 heavy (non-hydrogen) atoms. The Kier molecular flexibility index (Phi) is 4.07. The molecule has 1 fully saturated rings. The van der Waals surface area contributed by atoms with Gasteiger partial charge >= 0.3 is 0 Å². The number of carbonyl (C=O) groups is 1. The van der Waals surface area contributed by atoms with E-state index in [0.29, 0.717) is 11.3 Å². The zero-order chi connectivity index (χ0) is 15.7. The summed E-state index contributed by atoms with van der Waals surface area (Å²) in [6.07, 6.45) is 1.00. The first-order chi connectivity index (χ1) is 10.6. The minimum absolute atomic E-state index is 0.0554. The van der Waals surface area contributed by atoms with Gasteiger partial charge in [0.2, 0.25) is 0 Å². The van der Waals surface area contributed by atoms with Crippen molar-refractivity contribution in [3.63, 3.8) is 0 Å². The molecule has 3 rings (SSSR count). The van der Waals surface area contributed by atoms with Gasteiger partial charge in [-0.15, -0.1) is 0 Å². The molecular formula is C17H22N2O3. The van der Waals surface area contributed by atoms with Crippen molar-refractivity contribution >= 4 is 16.9 Å². The number of aryl methyl sites for hydroxylation is 1. The Bertz CT molecular complexity index is 693. The van der Waals surface area contributed by atoms with Crippen molar-refractivity contribution < 1.29 is 13.9 Å². The third kappa shape index (κ3) is 2.68. The van der Waals surface area contributed by atoms with Crippen molar-refractivity contribution in [2.75, 3.05) is 40.3 Å². The topological polar surface area (TPSA) is 45.9 Å². The van der Waals surface area contributed by atoms with Gasteiger partial charge in [0.05, 0.1) is 12.7 Å². The summed E-state index contributed by atoms with van der Waals surface area (Å²) in [6, 6.07) is 5.58. The highest BCUT2D eigenvalue weighted by Gasteiger charge is 2.25. The first kappa shape index (κ1) is 14.9. The van der Waals surface area contributed by atoms with Gasteiger partial charge in [-0.2, -0.15) is 0 Å². The predicted octanol–water partition coefficient (Wildman–Crippen LogP) is 2.53. The Hall–Kier alpha value is -2.01. The molecule has 0 saturated carbocycles. The number of methoxy groups -OCH3 is 1. The number of carbonyl (C=O) groups excluding carboxylic acids is 1. The van der Waals surface area contributed by atoms with Gasteiger partial charge in [0, 0.05) is 25.0 Å². The highest BCUT2D eigenvalue weighted by molar-refractivity contribution is 6.07. The zero-order valence-electron chi connectivity index (χ0n) is 13.4. The molecule has 2 heterocycles. The third-order valence-electron chi connectivity index (χ3n) is 4.29. The summed E-state index contributed by atoms with van der Waals surface area (Å²) in [6.45, 7) is 5.33. The van der Waals surface area contributed by atoms with Crippen molar-refractivity contribution in [1.29, 1.82) is 0 Å². The third-order valence-corrected chi connectivity index (χ3v) is 4.29. The minimum atomic E-state index is 0.0554. The van der Waals surface area contributed by atoms with Crippen LogP contribution < -0.4 is 4.74 Å². The second-order valence-electron chi connectivity index (χ2n) is 5.84. The average molecular weight is 302 g/mol. The summed E-state index contributed by atoms with van der Waals surface area (Å²) in [5, 5.41) is 0.833. The fraction of sp³-hybridized carbons (Fsp3) is 0.471. The number of likely N-dealkylation sites (N-methyl/N-ethyl adjacent to an activating group) is 1. The van der Waals surface area contributed by atoms with Gasteiger partial charge in [-0.25, -0.2) is 0 Å². The molecule has 5 heteroatoms. The Labute approximate surface area is 130 Å². The number of fused-ring (bicyclic) bond motifs is 1. The first-order valence-corrected chi connectivity index (χ1v) is 7.65. The van der Waals surface area contributed by atoms with Crippen molar-refractivity contribution in [2.45, 2.75) is 13.3 Å². The average Bonchev–Trinajstić information content (AvgIpc) is 2.67. The van der Waals surface area contributed by atoms with Gasteiger partial charge in [0.15, 0.2) is 0 Å². The van der Waals surface area contributed by atoms with E-state index in [1.165, 1.54) is 0 Å². The molecule has 2 aromatic rings. The summed E-state index contributed by atoms with van der Waals surface area (Å²) >= 11 is 0. The predicted molar refractivity (Wildman–Crippen MR) is 85.5 cm³/mol. The van der Waals surface area contributed by atoms with Crippen molar-refractivity contribution in [3.8, 4) is 5.75 Å². The summed E-state index contributed by atoms with van der Waals surface area (Å²) in [7, 11) is 3.72. The highest BCUT2D eigenvalue weighted by Crippen LogP contribution is 2.30. The molecule has 0 N–H and O–H groups in total. The molecule has 0 bridgehead atoms. The molecule has 1 aromatic heterocycles. The Balaban J connectivity index is 1.97. The van der Waals surface area contributed by atoms with Crippen LogP contribution in [0.25, 0.3) is 11.0 Å². The monoisotopic (exact) mass is 302 g/mol. The minimum Gasteiger partial charge on any atom is -0.497 e. The van der Waals surface area contributed by atoms with Crippen LogP contribution in [0.15, 0.2) is 22.6 Å². The van der Waals surface area contributed by atoms with Crippen LogP contribution in [0.1, 0.15) is 22.5 Å². The maximum absolute atomic E-state index is 13.0. The number of hydrogen-bond donors (Lipinski definition) is 0. The summed E-state index contributed by atoms with van der Waals surface area (Å²) in [5.41, 5.74) is 1.40. The molecule has 1 saturated heterocycles. The number of benzene rings is 1. The highest BCUT2D eigenvalue weighted by atomic mass is 16.5. The number of amides is 1. The standard InChI is InChI=1S/C17H22N2O3/c1-12-16(14-11-13(21-3)5-6-15(14)22-12)17(20)19-8-4-7-18(2)9-10-19/h5-6,11H,4,7-10H2,1-3H3. The molecular weight excluding hydrogens is 280 g/mol. The van der Waals surface area contributed by atoms with Crippen molar-refractivity contribution in [1.82, 2.24) is 9.80 Å². The lowest BCUT2D eigenvalue weighted by Crippen LogP contribution is -2.34. The van der Waals surface area contributed by atoms with Crippen LogP contribution in [0.5, 0.6) is 5.75 Å². The fourth-order valence-electron chi connectivity index (χ4n) is 3.00. The fourth-order valence-corrected chi connectivity index (χ4v) is 3.00. The molecule has 1 aliphatic rings. The molecule has 0 radical (unpaired) electrons. The van der Waals surface area contributed by atoms with Crippen LogP contribution in [-0.4, -0.2) is 56.0 Å². The molecule has 1 aliphatic heterocycles. The van der Waals surface area contributed by atoms with E-state index in [9.17, 15) is 4.79 Å². The van der Waals surface area contributed by atoms with E-state index < -0.39 is 0 Å². The van der Waals surface area contributed by atoms with E-state index in [1.54, 1.807) is 7.11 Å². The quantitative estimate of drug-likeness (QED) is 0.855. The molecule has 1 amide bonds. The Morgan fingerprint density at radius 1 is 1.23 bits per heavy atom. The lowest BCUT2D eigenvalue weighted by Gasteiger charge is -2.20. The van der Waals surface area contributed by atoms with Gasteiger partial charge < -0.3 is 19.0 Å². The van der Waals surface area contributed by atoms with E-state index in [0.717, 1.165) is 49.3 Å². The Morgan fingerprint density at radius 3 is 2.82 bits per heavy atom. The molecule has 0 unspecified atom stereocenters. The van der Waals surface area contributed by atoms with Crippen molar-refractivity contribution in [3.05, 3.63) is 29.5 Å². The molecule has 1 aromatic carbocycles. The molecule has 5 nitrogen and oxygen atoms in total. The second-order valence-corrected chi connectivity index (χ2v) is 5.84. The second kappa shape index (κ2) is 6.01. The van der Waals surface area contributed by atoms with Gasteiger partial charge in [0.25, 0.3) is 5.91 Å². The maximum Gasteiger partial charge on any atom is 0.258 e. The van der Waals surface area contributed by atoms with Crippen LogP contribution in [0.2, 0.25) is 0 Å². The number of furan rings is 1. The number of ether oxygens (including phenoxy) is 1. The van der Waals surface area contributed by atoms with Crippen molar-refractivity contribution in [2.24, 2.45) is 0 Å². The zero-order valence-corrected chi connectivity index (χ0v) is 13.4. The van der Waals surface area contributed by atoms with Crippen LogP contribution in [-0.2, 0) is 0 Å². The maximum atomic E-state index is 13.0. The molecule has 118 valence electrons.